The van der Waals surface area contributed by atoms with E-state index in [-0.39, 0.29) is 22.1 Å². The molecule has 0 bridgehead atoms. The molecule has 3 rings (SSSR count). The summed E-state index contributed by atoms with van der Waals surface area (Å²) in [6.45, 7) is 19.2. The molecule has 0 N–H and O–H groups in total. The smallest absolute Gasteiger partial charge is 0.159 e. The first-order chi connectivity index (χ1) is 14.1. The zero-order valence-electron chi connectivity index (χ0n) is 20.6. The Kier molecular flexibility index (Phi) is 5.62. The van der Waals surface area contributed by atoms with Crippen LogP contribution >= 0.6 is 0 Å². The molecule has 0 radical (unpaired) electrons. The fourth-order valence-electron chi connectivity index (χ4n) is 3.52. The molecule has 0 aliphatic carbocycles. The van der Waals surface area contributed by atoms with Crippen molar-refractivity contribution in [3.05, 3.63) is 53.2 Å². The molecular formula is C26H35FN4. The Morgan fingerprint density at radius 3 is 1.65 bits per heavy atom. The van der Waals surface area contributed by atoms with E-state index < -0.39 is 0 Å². The highest BCUT2D eigenvalue weighted by atomic mass is 19.1. The Morgan fingerprint density at radius 1 is 0.677 bits per heavy atom. The third-order valence-corrected chi connectivity index (χ3v) is 5.36. The minimum absolute atomic E-state index is 0.0537. The van der Waals surface area contributed by atoms with E-state index in [2.05, 4.69) is 73.5 Å². The molecule has 0 amide bonds. The predicted molar refractivity (Wildman–Crippen MR) is 126 cm³/mol. The van der Waals surface area contributed by atoms with Crippen molar-refractivity contribution in [2.24, 2.45) is 7.05 Å². The van der Waals surface area contributed by atoms with Crippen LogP contribution in [0.25, 0.3) is 22.6 Å². The van der Waals surface area contributed by atoms with Crippen LogP contribution in [0.2, 0.25) is 0 Å². The average Bonchev–Trinajstić information content (AvgIpc) is 3.01. The Morgan fingerprint density at radius 2 is 1.19 bits per heavy atom. The lowest BCUT2D eigenvalue weighted by molar-refractivity contribution is 0.523. The summed E-state index contributed by atoms with van der Waals surface area (Å²) in [6, 6.07) is 9.07. The molecule has 0 spiro atoms. The zero-order valence-corrected chi connectivity index (χ0v) is 20.6. The predicted octanol–water partition coefficient (Wildman–Crippen LogP) is 6.58. The standard InChI is InChI=1S/C26H35FN4/c1-24(2,3)20-15-21(25(4,5)6)29-23(28-20)17-11-16(12-18(27)13-17)19-14-22(26(7,8)9)31(10)30-19/h11-15H,1-10H3. The number of rotatable bonds is 2. The van der Waals surface area contributed by atoms with Gasteiger partial charge in [-0.3, -0.25) is 4.68 Å². The maximum absolute atomic E-state index is 14.7. The van der Waals surface area contributed by atoms with E-state index in [0.29, 0.717) is 11.4 Å². The summed E-state index contributed by atoms with van der Waals surface area (Å²) < 4.78 is 16.6. The molecule has 0 fully saturated rings. The minimum Gasteiger partial charge on any atom is -0.272 e. The summed E-state index contributed by atoms with van der Waals surface area (Å²) in [5.74, 6) is 0.225. The fraction of sp³-hybridized carbons (Fsp3) is 0.500. The second-order valence-corrected chi connectivity index (χ2v) is 11.5. The normalized spacial score (nSPS) is 13.0. The van der Waals surface area contributed by atoms with Crippen molar-refractivity contribution in [1.82, 2.24) is 19.7 Å². The van der Waals surface area contributed by atoms with Gasteiger partial charge in [-0.15, -0.1) is 0 Å². The van der Waals surface area contributed by atoms with Crippen molar-refractivity contribution in [2.45, 2.75) is 78.6 Å². The molecule has 4 nitrogen and oxygen atoms in total. The number of aromatic nitrogens is 4. The largest absolute Gasteiger partial charge is 0.272 e. The number of hydrogen-bond donors (Lipinski definition) is 0. The Labute approximate surface area is 186 Å². The highest BCUT2D eigenvalue weighted by Crippen LogP contribution is 2.32. The molecule has 2 heterocycles. The molecule has 0 atom stereocenters. The second-order valence-electron chi connectivity index (χ2n) is 11.5. The molecule has 0 aliphatic rings. The minimum atomic E-state index is -0.322. The number of aryl methyl sites for hydroxylation is 1. The molecule has 2 aromatic heterocycles. The van der Waals surface area contributed by atoms with Crippen LogP contribution < -0.4 is 0 Å². The van der Waals surface area contributed by atoms with Crippen molar-refractivity contribution in [3.63, 3.8) is 0 Å². The van der Waals surface area contributed by atoms with Gasteiger partial charge in [0.1, 0.15) is 5.82 Å². The highest BCUT2D eigenvalue weighted by molar-refractivity contribution is 5.68. The summed E-state index contributed by atoms with van der Waals surface area (Å²) in [6.07, 6.45) is 0. The van der Waals surface area contributed by atoms with E-state index in [1.54, 1.807) is 0 Å². The molecule has 166 valence electrons. The molecule has 31 heavy (non-hydrogen) atoms. The van der Waals surface area contributed by atoms with Gasteiger partial charge in [0.15, 0.2) is 5.82 Å². The quantitative estimate of drug-likeness (QED) is 0.469. The highest BCUT2D eigenvalue weighted by Gasteiger charge is 2.24. The van der Waals surface area contributed by atoms with Crippen LogP contribution in [0, 0.1) is 5.82 Å². The van der Waals surface area contributed by atoms with E-state index in [0.717, 1.165) is 28.3 Å². The van der Waals surface area contributed by atoms with Gasteiger partial charge in [-0.1, -0.05) is 62.3 Å². The second kappa shape index (κ2) is 7.54. The Balaban J connectivity index is 2.19. The van der Waals surface area contributed by atoms with Crippen molar-refractivity contribution < 1.29 is 4.39 Å². The van der Waals surface area contributed by atoms with Crippen molar-refractivity contribution in [3.8, 4) is 22.6 Å². The number of nitrogens with zero attached hydrogens (tertiary/aromatic N) is 4. The van der Waals surface area contributed by atoms with E-state index in [1.807, 2.05) is 23.9 Å². The van der Waals surface area contributed by atoms with Gasteiger partial charge >= 0.3 is 0 Å². The Hall–Kier alpha value is -2.56. The van der Waals surface area contributed by atoms with E-state index in [4.69, 9.17) is 9.97 Å². The van der Waals surface area contributed by atoms with E-state index in [1.165, 1.54) is 12.1 Å². The third-order valence-electron chi connectivity index (χ3n) is 5.36. The molecular weight excluding hydrogens is 387 g/mol. The van der Waals surface area contributed by atoms with Gasteiger partial charge < -0.3 is 0 Å². The van der Waals surface area contributed by atoms with E-state index >= 15 is 0 Å². The SMILES string of the molecule is Cn1nc(-c2cc(F)cc(-c3nc(C(C)(C)C)cc(C(C)(C)C)n3)c2)cc1C(C)(C)C. The fourth-order valence-corrected chi connectivity index (χ4v) is 3.52. The van der Waals surface area contributed by atoms with Crippen LogP contribution in [-0.4, -0.2) is 19.7 Å². The number of hydrogen-bond acceptors (Lipinski definition) is 3. The van der Waals surface area contributed by atoms with Gasteiger partial charge in [-0.25, -0.2) is 14.4 Å². The van der Waals surface area contributed by atoms with Gasteiger partial charge in [0.05, 0.1) is 17.1 Å². The van der Waals surface area contributed by atoms with Crippen LogP contribution in [0.4, 0.5) is 4.39 Å². The van der Waals surface area contributed by atoms with Gasteiger partial charge in [0.25, 0.3) is 0 Å². The van der Waals surface area contributed by atoms with Gasteiger partial charge in [0.2, 0.25) is 0 Å². The van der Waals surface area contributed by atoms with Crippen LogP contribution in [0.3, 0.4) is 0 Å². The van der Waals surface area contributed by atoms with Crippen LogP contribution in [-0.2, 0) is 23.3 Å². The first kappa shape index (κ1) is 23.1. The summed E-state index contributed by atoms with van der Waals surface area (Å²) in [7, 11) is 1.93. The third kappa shape index (κ3) is 5.03. The molecule has 0 saturated carbocycles. The van der Waals surface area contributed by atoms with Crippen LogP contribution in [0.5, 0.6) is 0 Å². The lowest BCUT2D eigenvalue weighted by Crippen LogP contribution is -2.20. The van der Waals surface area contributed by atoms with Crippen LogP contribution in [0.1, 0.15) is 79.4 Å². The van der Waals surface area contributed by atoms with E-state index in [9.17, 15) is 4.39 Å². The van der Waals surface area contributed by atoms with Gasteiger partial charge in [0, 0.05) is 40.1 Å². The maximum Gasteiger partial charge on any atom is 0.159 e. The first-order valence-electron chi connectivity index (χ1n) is 10.8. The van der Waals surface area contributed by atoms with Crippen molar-refractivity contribution >= 4 is 0 Å². The number of halogens is 1. The van der Waals surface area contributed by atoms with Crippen molar-refractivity contribution in [1.29, 1.82) is 0 Å². The lowest BCUT2D eigenvalue weighted by Gasteiger charge is -2.24. The van der Waals surface area contributed by atoms with Crippen LogP contribution in [0.15, 0.2) is 30.3 Å². The lowest BCUT2D eigenvalue weighted by atomic mass is 9.86. The van der Waals surface area contributed by atoms with Gasteiger partial charge in [-0.05, 0) is 30.3 Å². The first-order valence-corrected chi connectivity index (χ1v) is 10.8. The summed E-state index contributed by atoms with van der Waals surface area (Å²) in [5, 5.41) is 4.65. The molecule has 0 aliphatic heterocycles. The summed E-state index contributed by atoms with van der Waals surface area (Å²) in [4.78, 5) is 9.65. The van der Waals surface area contributed by atoms with Gasteiger partial charge in [-0.2, -0.15) is 5.10 Å². The van der Waals surface area contributed by atoms with Crippen molar-refractivity contribution in [2.75, 3.05) is 0 Å². The molecule has 0 unspecified atom stereocenters. The topological polar surface area (TPSA) is 43.6 Å². The summed E-state index contributed by atoms with van der Waals surface area (Å²) in [5.41, 5.74) is 4.78. The zero-order chi connectivity index (χ0) is 23.4. The molecule has 3 aromatic rings. The maximum atomic E-state index is 14.7. The molecule has 5 heteroatoms. The Bertz CT molecular complexity index is 1070. The average molecular weight is 423 g/mol. The molecule has 0 saturated heterocycles. The molecule has 1 aromatic carbocycles. The monoisotopic (exact) mass is 422 g/mol. The number of benzene rings is 1. The summed E-state index contributed by atoms with van der Waals surface area (Å²) >= 11 is 0.